The Balaban J connectivity index is 0.00000104. The maximum atomic E-state index is 2.21. The molecule has 2 aromatic heterocycles. The number of halogens is 2. The van der Waals surface area contributed by atoms with E-state index in [9.17, 15) is 0 Å². The van der Waals surface area contributed by atoms with Crippen molar-refractivity contribution in [3.8, 4) is 11.1 Å². The van der Waals surface area contributed by atoms with E-state index in [1.54, 1.807) is 0 Å². The predicted molar refractivity (Wildman–Crippen MR) is 89.2 cm³/mol. The molecule has 0 aliphatic heterocycles. The van der Waals surface area contributed by atoms with Crippen molar-refractivity contribution in [2.75, 3.05) is 0 Å². The lowest BCUT2D eigenvalue weighted by atomic mass is 9.98. The third kappa shape index (κ3) is 3.13. The fourth-order valence-electron chi connectivity index (χ4n) is 3.20. The predicted octanol–water partition coefficient (Wildman–Crippen LogP) is -2.68. The average Bonchev–Trinajstić information content (AvgIpc) is 2.57. The molecule has 122 valence electrons. The first-order valence-corrected chi connectivity index (χ1v) is 7.51. The Kier molecular flexibility index (Phi) is 6.14. The Morgan fingerprint density at radius 1 is 0.542 bits per heavy atom. The van der Waals surface area contributed by atoms with Crippen LogP contribution >= 0.6 is 0 Å². The molecule has 24 heavy (non-hydrogen) atoms. The van der Waals surface area contributed by atoms with E-state index in [2.05, 4.69) is 96.3 Å². The summed E-state index contributed by atoms with van der Waals surface area (Å²) in [5, 5.41) is 2.57. The Bertz CT molecular complexity index is 929. The first kappa shape index (κ1) is 19.1. The molecule has 0 N–H and O–H groups in total. The summed E-state index contributed by atoms with van der Waals surface area (Å²) in [6.07, 6.45) is 4.28. The highest BCUT2D eigenvalue weighted by molar-refractivity contribution is 6.01. The lowest BCUT2D eigenvalue weighted by Gasteiger charge is -2.08. The maximum Gasteiger partial charge on any atom is 0.212 e. The molecule has 0 spiro atoms. The molecular weight excluding hydrogens is 522 g/mol. The fraction of sp³-hybridized carbons (Fsp3) is 0.100. The largest absolute Gasteiger partial charge is 1.00 e. The first-order valence-electron chi connectivity index (χ1n) is 7.51. The number of para-hydroxylation sites is 2. The minimum atomic E-state index is 0. The van der Waals surface area contributed by atoms with Crippen LogP contribution < -0.4 is 57.1 Å². The van der Waals surface area contributed by atoms with Gasteiger partial charge < -0.3 is 48.0 Å². The Hall–Kier alpha value is -1.28. The standard InChI is InChI=1S/C20H18N2.2HI/c1-21-13-11-15(17-7-3-5-9-19(17)21)16-12-14-22(2)20-10-6-4-8-18(16)20;;/h3-14H,1-2H3;2*1H/q+2;;/p-2. The number of aryl methyl sites for hydroxylation is 2. The molecular formula is C20H18I2N2. The molecule has 0 unspecified atom stereocenters. The highest BCUT2D eigenvalue weighted by Gasteiger charge is 2.15. The van der Waals surface area contributed by atoms with E-state index in [0.717, 1.165) is 0 Å². The number of benzene rings is 2. The second-order valence-corrected chi connectivity index (χ2v) is 5.71. The lowest BCUT2D eigenvalue weighted by molar-refractivity contribution is -0.645. The first-order chi connectivity index (χ1) is 10.8. The van der Waals surface area contributed by atoms with E-state index in [1.165, 1.54) is 32.9 Å². The van der Waals surface area contributed by atoms with Gasteiger partial charge in [0.2, 0.25) is 11.0 Å². The number of hydrogen-bond donors (Lipinski definition) is 0. The van der Waals surface area contributed by atoms with Gasteiger partial charge in [0, 0.05) is 35.4 Å². The van der Waals surface area contributed by atoms with Crippen LogP contribution in [0, 0.1) is 0 Å². The normalized spacial score (nSPS) is 10.2. The minimum Gasteiger partial charge on any atom is -1.00 e. The zero-order chi connectivity index (χ0) is 15.1. The molecule has 4 heteroatoms. The summed E-state index contributed by atoms with van der Waals surface area (Å²) in [7, 11) is 4.18. The zero-order valence-corrected chi connectivity index (χ0v) is 17.9. The van der Waals surface area contributed by atoms with Crippen LogP contribution in [0.1, 0.15) is 0 Å². The zero-order valence-electron chi connectivity index (χ0n) is 13.6. The van der Waals surface area contributed by atoms with E-state index < -0.39 is 0 Å². The second-order valence-electron chi connectivity index (χ2n) is 5.71. The number of fused-ring (bicyclic) bond motifs is 2. The van der Waals surface area contributed by atoms with E-state index in [1.807, 2.05) is 0 Å². The molecule has 4 aromatic rings. The summed E-state index contributed by atoms with van der Waals surface area (Å²) in [5.41, 5.74) is 5.06. The van der Waals surface area contributed by atoms with Gasteiger partial charge in [0.1, 0.15) is 14.1 Å². The van der Waals surface area contributed by atoms with Crippen LogP contribution in [0.4, 0.5) is 0 Å². The average molecular weight is 540 g/mol. The summed E-state index contributed by atoms with van der Waals surface area (Å²) in [5.74, 6) is 0. The Morgan fingerprint density at radius 3 is 1.33 bits per heavy atom. The summed E-state index contributed by atoms with van der Waals surface area (Å²) in [6.45, 7) is 0. The Labute approximate surface area is 176 Å². The molecule has 0 bridgehead atoms. The molecule has 0 amide bonds. The molecule has 4 rings (SSSR count). The molecule has 0 atom stereocenters. The van der Waals surface area contributed by atoms with Crippen molar-refractivity contribution in [3.63, 3.8) is 0 Å². The van der Waals surface area contributed by atoms with Crippen molar-refractivity contribution in [2.24, 2.45) is 14.1 Å². The maximum absolute atomic E-state index is 2.21. The van der Waals surface area contributed by atoms with Gasteiger partial charge in [-0.15, -0.1) is 0 Å². The van der Waals surface area contributed by atoms with Gasteiger partial charge in [-0.05, 0) is 12.1 Å². The lowest BCUT2D eigenvalue weighted by Crippen LogP contribution is -3.00. The molecule has 0 aliphatic carbocycles. The van der Waals surface area contributed by atoms with Gasteiger partial charge in [-0.3, -0.25) is 0 Å². The smallest absolute Gasteiger partial charge is 0.212 e. The fourth-order valence-corrected chi connectivity index (χ4v) is 3.20. The molecule has 0 radical (unpaired) electrons. The summed E-state index contributed by atoms with van der Waals surface area (Å²) >= 11 is 0. The highest BCUT2D eigenvalue weighted by atomic mass is 127. The van der Waals surface area contributed by atoms with Gasteiger partial charge in [0.15, 0.2) is 12.4 Å². The quantitative estimate of drug-likeness (QED) is 0.184. The third-order valence-electron chi connectivity index (χ3n) is 4.37. The number of pyridine rings is 2. The van der Waals surface area contributed by atoms with Crippen LogP contribution in [-0.4, -0.2) is 0 Å². The second kappa shape index (κ2) is 7.74. The number of rotatable bonds is 1. The van der Waals surface area contributed by atoms with Gasteiger partial charge >= 0.3 is 0 Å². The molecule has 0 fully saturated rings. The molecule has 2 nitrogen and oxygen atoms in total. The van der Waals surface area contributed by atoms with Crippen molar-refractivity contribution in [1.29, 1.82) is 0 Å². The van der Waals surface area contributed by atoms with Crippen molar-refractivity contribution >= 4 is 21.8 Å². The van der Waals surface area contributed by atoms with Crippen molar-refractivity contribution < 1.29 is 57.1 Å². The number of nitrogens with zero attached hydrogens (tertiary/aromatic N) is 2. The van der Waals surface area contributed by atoms with Crippen LogP contribution in [0.25, 0.3) is 32.9 Å². The van der Waals surface area contributed by atoms with Gasteiger partial charge in [0.25, 0.3) is 0 Å². The summed E-state index contributed by atoms with van der Waals surface area (Å²) < 4.78 is 4.34. The van der Waals surface area contributed by atoms with Gasteiger partial charge in [-0.2, -0.15) is 0 Å². The molecule has 0 saturated heterocycles. The summed E-state index contributed by atoms with van der Waals surface area (Å²) in [6, 6.07) is 21.6. The third-order valence-corrected chi connectivity index (χ3v) is 4.37. The van der Waals surface area contributed by atoms with Crippen molar-refractivity contribution in [3.05, 3.63) is 73.1 Å². The van der Waals surface area contributed by atoms with Crippen LogP contribution in [0.3, 0.4) is 0 Å². The molecule has 2 aromatic carbocycles. The SMILES string of the molecule is C[n+]1ccc(-c2cc[n+](C)c3ccccc23)c2ccccc21.[I-].[I-]. The van der Waals surface area contributed by atoms with Crippen LogP contribution in [0.15, 0.2) is 73.1 Å². The van der Waals surface area contributed by atoms with E-state index >= 15 is 0 Å². The van der Waals surface area contributed by atoms with Crippen LogP contribution in [-0.2, 0) is 14.1 Å². The van der Waals surface area contributed by atoms with Crippen LogP contribution in [0.5, 0.6) is 0 Å². The van der Waals surface area contributed by atoms with Gasteiger partial charge in [-0.25, -0.2) is 9.13 Å². The van der Waals surface area contributed by atoms with E-state index in [0.29, 0.717) is 0 Å². The van der Waals surface area contributed by atoms with Gasteiger partial charge in [0.05, 0.1) is 10.8 Å². The van der Waals surface area contributed by atoms with E-state index in [-0.39, 0.29) is 48.0 Å². The molecule has 2 heterocycles. The van der Waals surface area contributed by atoms with Gasteiger partial charge in [-0.1, -0.05) is 24.3 Å². The number of hydrogen-bond acceptors (Lipinski definition) is 0. The summed E-state index contributed by atoms with van der Waals surface area (Å²) in [4.78, 5) is 0. The Morgan fingerprint density at radius 2 is 0.917 bits per heavy atom. The highest BCUT2D eigenvalue weighted by Crippen LogP contribution is 2.31. The van der Waals surface area contributed by atoms with Crippen molar-refractivity contribution in [2.45, 2.75) is 0 Å². The minimum absolute atomic E-state index is 0. The molecule has 0 aliphatic rings. The van der Waals surface area contributed by atoms with Crippen molar-refractivity contribution in [1.82, 2.24) is 0 Å². The van der Waals surface area contributed by atoms with E-state index in [4.69, 9.17) is 0 Å². The topological polar surface area (TPSA) is 7.76 Å². The van der Waals surface area contributed by atoms with Crippen LogP contribution in [0.2, 0.25) is 0 Å². The number of aromatic nitrogens is 2. The monoisotopic (exact) mass is 540 g/mol. The molecule has 0 saturated carbocycles.